The Kier molecular flexibility index (Phi) is 1.48. The van der Waals surface area contributed by atoms with Gasteiger partial charge in [0.1, 0.15) is 0 Å². The third-order valence-corrected chi connectivity index (χ3v) is 1.52. The Balaban J connectivity index is 2.85. The van der Waals surface area contributed by atoms with Gasteiger partial charge in [0.05, 0.1) is 11.3 Å². The van der Waals surface area contributed by atoms with Crippen LogP contribution in [0.2, 0.25) is 0 Å². The van der Waals surface area contributed by atoms with E-state index in [1.54, 1.807) is 7.05 Å². The van der Waals surface area contributed by atoms with Gasteiger partial charge in [-0.2, -0.15) is 0 Å². The molecule has 1 aliphatic rings. The summed E-state index contributed by atoms with van der Waals surface area (Å²) in [6.07, 6.45) is 0.329. The lowest BCUT2D eigenvalue weighted by Gasteiger charge is -2.06. The second-order valence-electron chi connectivity index (χ2n) is 2.20. The number of rotatable bonds is 1. The van der Waals surface area contributed by atoms with Crippen molar-refractivity contribution in [3.63, 3.8) is 0 Å². The monoisotopic (exact) mass is 144 g/mol. The predicted octanol–water partition coefficient (Wildman–Crippen LogP) is 0.326. The van der Waals surface area contributed by atoms with Gasteiger partial charge in [0.25, 0.3) is 5.88 Å². The normalized spacial score (nSPS) is 18.3. The molecule has 1 N–H and O–H groups in total. The quantitative estimate of drug-likeness (QED) is 0.425. The summed E-state index contributed by atoms with van der Waals surface area (Å²) in [4.78, 5) is 11.0. The average molecular weight is 144 g/mol. The Bertz CT molecular complexity index is 199. The summed E-state index contributed by atoms with van der Waals surface area (Å²) in [5.41, 5.74) is -0.0810. The minimum absolute atomic E-state index is 0.0810. The van der Waals surface area contributed by atoms with Gasteiger partial charge < -0.3 is 10.0 Å². The first kappa shape index (κ1) is 6.85. The van der Waals surface area contributed by atoms with E-state index in [2.05, 4.69) is 0 Å². The van der Waals surface area contributed by atoms with Crippen LogP contribution >= 0.6 is 0 Å². The molecular weight excluding hydrogens is 136 g/mol. The van der Waals surface area contributed by atoms with Crippen LogP contribution in [-0.4, -0.2) is 28.5 Å². The molecule has 0 aromatic heterocycles. The van der Waals surface area contributed by atoms with Crippen molar-refractivity contribution in [2.45, 2.75) is 6.42 Å². The molecule has 5 heteroatoms. The van der Waals surface area contributed by atoms with Crippen LogP contribution in [-0.2, 0) is 0 Å². The third-order valence-electron chi connectivity index (χ3n) is 1.52. The Morgan fingerprint density at radius 1 is 1.80 bits per heavy atom. The number of aliphatic hydroxyl groups excluding tert-OH is 1. The lowest BCUT2D eigenvalue weighted by atomic mass is 10.4. The fourth-order valence-corrected chi connectivity index (χ4v) is 0.885. The zero-order chi connectivity index (χ0) is 7.72. The molecule has 0 aromatic rings. The molecule has 0 radical (unpaired) electrons. The summed E-state index contributed by atoms with van der Waals surface area (Å²) in [7, 11) is 1.62. The fourth-order valence-electron chi connectivity index (χ4n) is 0.885. The van der Waals surface area contributed by atoms with E-state index in [4.69, 9.17) is 5.11 Å². The largest absolute Gasteiger partial charge is 0.490 e. The van der Waals surface area contributed by atoms with E-state index in [0.717, 1.165) is 0 Å². The minimum atomic E-state index is -0.543. The van der Waals surface area contributed by atoms with E-state index >= 15 is 0 Å². The number of nitro groups is 1. The van der Waals surface area contributed by atoms with Crippen LogP contribution in [0.3, 0.4) is 0 Å². The molecule has 1 heterocycles. The first-order valence-electron chi connectivity index (χ1n) is 2.90. The summed E-state index contributed by atoms with van der Waals surface area (Å²) in [6, 6.07) is 0. The van der Waals surface area contributed by atoms with Crippen molar-refractivity contribution in [1.29, 1.82) is 0 Å². The van der Waals surface area contributed by atoms with Crippen LogP contribution in [0.15, 0.2) is 11.6 Å². The van der Waals surface area contributed by atoms with Gasteiger partial charge in [0.2, 0.25) is 0 Å². The highest BCUT2D eigenvalue weighted by molar-refractivity contribution is 5.04. The highest BCUT2D eigenvalue weighted by atomic mass is 16.6. The van der Waals surface area contributed by atoms with Crippen LogP contribution in [0.4, 0.5) is 0 Å². The molecular formula is C5H8N2O3. The van der Waals surface area contributed by atoms with Crippen molar-refractivity contribution >= 4 is 0 Å². The van der Waals surface area contributed by atoms with Crippen molar-refractivity contribution < 1.29 is 10.0 Å². The van der Waals surface area contributed by atoms with Gasteiger partial charge in [-0.25, -0.2) is 0 Å². The third kappa shape index (κ3) is 0.896. The lowest BCUT2D eigenvalue weighted by Crippen LogP contribution is -2.12. The van der Waals surface area contributed by atoms with Crippen LogP contribution < -0.4 is 0 Å². The van der Waals surface area contributed by atoms with Gasteiger partial charge in [0, 0.05) is 13.6 Å². The summed E-state index contributed by atoms with van der Waals surface area (Å²) in [5, 5.41) is 19.1. The smallest absolute Gasteiger partial charge is 0.307 e. The molecule has 0 amide bonds. The molecule has 0 bridgehead atoms. The Morgan fingerprint density at radius 2 is 2.40 bits per heavy atom. The van der Waals surface area contributed by atoms with E-state index in [1.807, 2.05) is 0 Å². The van der Waals surface area contributed by atoms with Gasteiger partial charge in [0.15, 0.2) is 0 Å². The zero-order valence-electron chi connectivity index (χ0n) is 5.57. The highest BCUT2D eigenvalue weighted by Crippen LogP contribution is 2.18. The van der Waals surface area contributed by atoms with Gasteiger partial charge >= 0.3 is 5.70 Å². The molecule has 1 aliphatic heterocycles. The molecule has 0 fully saturated rings. The van der Waals surface area contributed by atoms with Crippen LogP contribution in [0.1, 0.15) is 6.42 Å². The van der Waals surface area contributed by atoms with Crippen molar-refractivity contribution in [1.82, 2.24) is 4.90 Å². The second kappa shape index (κ2) is 2.17. The first-order chi connectivity index (χ1) is 4.63. The van der Waals surface area contributed by atoms with Gasteiger partial charge in [-0.15, -0.1) is 0 Å². The van der Waals surface area contributed by atoms with E-state index in [9.17, 15) is 10.1 Å². The van der Waals surface area contributed by atoms with E-state index in [0.29, 0.717) is 13.0 Å². The van der Waals surface area contributed by atoms with Crippen molar-refractivity contribution in [2.75, 3.05) is 13.6 Å². The Morgan fingerprint density at radius 3 is 2.60 bits per heavy atom. The predicted molar refractivity (Wildman–Crippen MR) is 33.9 cm³/mol. The number of hydrogen-bond acceptors (Lipinski definition) is 4. The maximum Gasteiger partial charge on any atom is 0.307 e. The van der Waals surface area contributed by atoms with E-state index in [1.165, 1.54) is 4.90 Å². The summed E-state index contributed by atoms with van der Waals surface area (Å²) < 4.78 is 0. The molecule has 0 saturated carbocycles. The van der Waals surface area contributed by atoms with Crippen LogP contribution in [0.5, 0.6) is 0 Å². The summed E-state index contributed by atoms with van der Waals surface area (Å²) in [5.74, 6) is -0.204. The molecule has 56 valence electrons. The lowest BCUT2D eigenvalue weighted by molar-refractivity contribution is -0.429. The first-order valence-corrected chi connectivity index (χ1v) is 2.90. The van der Waals surface area contributed by atoms with Crippen molar-refractivity contribution in [3.05, 3.63) is 21.7 Å². The molecule has 0 aromatic carbocycles. The molecule has 0 unspecified atom stereocenters. The Labute approximate surface area is 57.7 Å². The van der Waals surface area contributed by atoms with Crippen molar-refractivity contribution in [2.24, 2.45) is 0 Å². The van der Waals surface area contributed by atoms with E-state index in [-0.39, 0.29) is 11.6 Å². The number of aliphatic hydroxyl groups is 1. The average Bonchev–Trinajstić information content (AvgIpc) is 2.14. The zero-order valence-corrected chi connectivity index (χ0v) is 5.57. The molecule has 0 saturated heterocycles. The summed E-state index contributed by atoms with van der Waals surface area (Å²) >= 11 is 0. The minimum Gasteiger partial charge on any atom is -0.490 e. The molecule has 0 spiro atoms. The van der Waals surface area contributed by atoms with Crippen LogP contribution in [0, 0.1) is 10.1 Å². The topological polar surface area (TPSA) is 66.6 Å². The Hall–Kier alpha value is -1.26. The molecule has 10 heavy (non-hydrogen) atoms. The van der Waals surface area contributed by atoms with Crippen molar-refractivity contribution in [3.8, 4) is 0 Å². The maximum absolute atomic E-state index is 10.1. The summed E-state index contributed by atoms with van der Waals surface area (Å²) in [6.45, 7) is 0.530. The standard InChI is InChI=1S/C5H8N2O3/c1-6-3-2-4(5(6)8)7(9)10/h8H,2-3H2,1H3. The van der Waals surface area contributed by atoms with Gasteiger partial charge in [-0.05, 0) is 0 Å². The number of nitrogens with zero attached hydrogens (tertiary/aromatic N) is 2. The molecule has 0 aliphatic carbocycles. The number of hydrogen-bond donors (Lipinski definition) is 1. The highest BCUT2D eigenvalue weighted by Gasteiger charge is 2.27. The second-order valence-corrected chi connectivity index (χ2v) is 2.20. The SMILES string of the molecule is CN1CCC([N+](=O)[O-])=C1O. The maximum atomic E-state index is 10.1. The fraction of sp³-hybridized carbons (Fsp3) is 0.600. The van der Waals surface area contributed by atoms with E-state index < -0.39 is 4.92 Å². The van der Waals surface area contributed by atoms with Crippen LogP contribution in [0.25, 0.3) is 0 Å². The molecule has 1 rings (SSSR count). The molecule has 0 atom stereocenters. The van der Waals surface area contributed by atoms with Gasteiger partial charge in [-0.1, -0.05) is 0 Å². The molecule has 5 nitrogen and oxygen atoms in total. The van der Waals surface area contributed by atoms with Gasteiger partial charge in [-0.3, -0.25) is 10.1 Å².